The summed E-state index contributed by atoms with van der Waals surface area (Å²) >= 11 is 0. The summed E-state index contributed by atoms with van der Waals surface area (Å²) in [5.74, 6) is -0.0349. The molecule has 1 saturated heterocycles. The van der Waals surface area contributed by atoms with E-state index in [0.717, 1.165) is 12.8 Å². The smallest absolute Gasteiger partial charge is 0.246 e. The summed E-state index contributed by atoms with van der Waals surface area (Å²) in [4.78, 5) is 26.5. The molecule has 1 aliphatic rings. The molecule has 2 unspecified atom stereocenters. The van der Waals surface area contributed by atoms with Gasteiger partial charge in [-0.15, -0.1) is 0 Å². The minimum atomic E-state index is -0.464. The summed E-state index contributed by atoms with van der Waals surface area (Å²) < 4.78 is 5.25. The Hall–Kier alpha value is -1.10. The van der Waals surface area contributed by atoms with E-state index in [1.165, 1.54) is 0 Å². The molecule has 2 amide bonds. The van der Waals surface area contributed by atoms with Gasteiger partial charge < -0.3 is 15.0 Å². The molecule has 1 fully saturated rings. The number of carbonyl (C=O) groups is 2. The van der Waals surface area contributed by atoms with Crippen LogP contribution in [0.15, 0.2) is 0 Å². The Morgan fingerprint density at radius 3 is 2.55 bits per heavy atom. The number of hydrogen-bond donors (Lipinski definition) is 1. The Balaban J connectivity index is 2.98. The van der Waals surface area contributed by atoms with Crippen LogP contribution in [0.4, 0.5) is 0 Å². The van der Waals surface area contributed by atoms with Crippen molar-refractivity contribution in [3.8, 4) is 0 Å². The first-order valence-electron chi connectivity index (χ1n) is 7.40. The molecule has 0 saturated carbocycles. The van der Waals surface area contributed by atoms with Crippen molar-refractivity contribution in [3.63, 3.8) is 0 Å². The number of hydrogen-bond acceptors (Lipinski definition) is 3. The van der Waals surface area contributed by atoms with E-state index in [0.29, 0.717) is 19.6 Å². The first kappa shape index (κ1) is 17.0. The van der Waals surface area contributed by atoms with E-state index in [-0.39, 0.29) is 23.3 Å². The Morgan fingerprint density at radius 1 is 1.40 bits per heavy atom. The van der Waals surface area contributed by atoms with Crippen molar-refractivity contribution in [1.82, 2.24) is 10.2 Å². The lowest BCUT2D eigenvalue weighted by Crippen LogP contribution is -2.54. The second-order valence-electron chi connectivity index (χ2n) is 6.55. The summed E-state index contributed by atoms with van der Waals surface area (Å²) in [5.41, 5.74) is -0.292. The van der Waals surface area contributed by atoms with E-state index < -0.39 is 6.04 Å². The van der Waals surface area contributed by atoms with Crippen molar-refractivity contribution < 1.29 is 14.3 Å². The third kappa shape index (κ3) is 4.20. The first-order chi connectivity index (χ1) is 9.31. The van der Waals surface area contributed by atoms with Gasteiger partial charge in [0.05, 0.1) is 12.6 Å². The summed E-state index contributed by atoms with van der Waals surface area (Å²) in [7, 11) is 1.65. The van der Waals surface area contributed by atoms with Gasteiger partial charge in [-0.05, 0) is 11.8 Å². The monoisotopic (exact) mass is 284 g/mol. The zero-order valence-corrected chi connectivity index (χ0v) is 13.4. The molecule has 5 heteroatoms. The summed E-state index contributed by atoms with van der Waals surface area (Å²) in [6.45, 7) is 9.02. The Morgan fingerprint density at radius 2 is 2.05 bits per heavy atom. The molecule has 0 aromatic rings. The van der Waals surface area contributed by atoms with Crippen molar-refractivity contribution in [2.24, 2.45) is 5.41 Å². The fourth-order valence-electron chi connectivity index (χ4n) is 2.60. The molecule has 0 radical (unpaired) electrons. The molecule has 0 bridgehead atoms. The van der Waals surface area contributed by atoms with E-state index in [1.807, 2.05) is 25.7 Å². The van der Waals surface area contributed by atoms with Crippen LogP contribution in [0.2, 0.25) is 0 Å². The van der Waals surface area contributed by atoms with E-state index in [9.17, 15) is 9.59 Å². The third-order valence-corrected chi connectivity index (χ3v) is 3.70. The van der Waals surface area contributed by atoms with Gasteiger partial charge in [-0.1, -0.05) is 34.1 Å². The molecule has 116 valence electrons. The Labute approximate surface area is 122 Å². The van der Waals surface area contributed by atoms with Crippen molar-refractivity contribution in [2.75, 3.05) is 20.3 Å². The Kier molecular flexibility index (Phi) is 5.99. The highest BCUT2D eigenvalue weighted by molar-refractivity contribution is 5.90. The number of ether oxygens (including phenoxy) is 1. The van der Waals surface area contributed by atoms with Gasteiger partial charge in [0.1, 0.15) is 6.04 Å². The van der Waals surface area contributed by atoms with Gasteiger partial charge in [0, 0.05) is 20.1 Å². The highest BCUT2D eigenvalue weighted by Crippen LogP contribution is 2.24. The zero-order valence-electron chi connectivity index (χ0n) is 13.4. The van der Waals surface area contributed by atoms with Crippen molar-refractivity contribution >= 4 is 11.8 Å². The number of methoxy groups -OCH3 is 1. The lowest BCUT2D eigenvalue weighted by atomic mass is 9.85. The summed E-state index contributed by atoms with van der Waals surface area (Å²) in [6.07, 6.45) is 2.24. The molecular formula is C15H28N2O3. The van der Waals surface area contributed by atoms with Gasteiger partial charge in [0.2, 0.25) is 11.8 Å². The predicted octanol–water partition coefficient (Wildman–Crippen LogP) is 1.56. The van der Waals surface area contributed by atoms with Crippen LogP contribution in [-0.4, -0.2) is 49.1 Å². The molecule has 5 nitrogen and oxygen atoms in total. The number of carbonyl (C=O) groups excluding carboxylic acids is 2. The average Bonchev–Trinajstić information content (AvgIpc) is 2.49. The van der Waals surface area contributed by atoms with Gasteiger partial charge in [0.25, 0.3) is 0 Å². The van der Waals surface area contributed by atoms with Crippen LogP contribution >= 0.6 is 0 Å². The van der Waals surface area contributed by atoms with Gasteiger partial charge in [-0.3, -0.25) is 9.59 Å². The Bertz CT molecular complexity index is 344. The maximum atomic E-state index is 12.8. The van der Waals surface area contributed by atoms with Crippen LogP contribution in [0.25, 0.3) is 0 Å². The van der Waals surface area contributed by atoms with Gasteiger partial charge in [-0.2, -0.15) is 0 Å². The number of nitrogens with one attached hydrogen (secondary N) is 1. The average molecular weight is 284 g/mol. The molecule has 1 aliphatic heterocycles. The molecule has 1 heterocycles. The third-order valence-electron chi connectivity index (χ3n) is 3.70. The first-order valence-corrected chi connectivity index (χ1v) is 7.40. The fourth-order valence-corrected chi connectivity index (χ4v) is 2.60. The molecule has 0 aromatic heterocycles. The van der Waals surface area contributed by atoms with Gasteiger partial charge >= 0.3 is 0 Å². The number of amides is 2. The quantitative estimate of drug-likeness (QED) is 0.833. The normalized spacial score (nSPS) is 22.4. The molecule has 2 atom stereocenters. The van der Waals surface area contributed by atoms with E-state index in [4.69, 9.17) is 4.74 Å². The molecule has 0 aromatic carbocycles. The van der Waals surface area contributed by atoms with Gasteiger partial charge in [0.15, 0.2) is 0 Å². The lowest BCUT2D eigenvalue weighted by molar-refractivity contribution is -0.139. The van der Waals surface area contributed by atoms with Crippen LogP contribution in [0.5, 0.6) is 0 Å². The molecular weight excluding hydrogens is 256 g/mol. The van der Waals surface area contributed by atoms with Crippen LogP contribution in [0.1, 0.15) is 47.0 Å². The van der Waals surface area contributed by atoms with E-state index in [2.05, 4.69) is 12.2 Å². The highest BCUT2D eigenvalue weighted by Gasteiger charge is 2.39. The van der Waals surface area contributed by atoms with Gasteiger partial charge in [-0.25, -0.2) is 0 Å². The molecule has 20 heavy (non-hydrogen) atoms. The van der Waals surface area contributed by atoms with Crippen LogP contribution in [-0.2, 0) is 14.3 Å². The predicted molar refractivity (Wildman–Crippen MR) is 78.3 cm³/mol. The van der Waals surface area contributed by atoms with E-state index in [1.54, 1.807) is 7.11 Å². The maximum Gasteiger partial charge on any atom is 0.246 e. The van der Waals surface area contributed by atoms with Crippen molar-refractivity contribution in [1.29, 1.82) is 0 Å². The maximum absolute atomic E-state index is 12.8. The van der Waals surface area contributed by atoms with Crippen LogP contribution < -0.4 is 5.32 Å². The molecule has 1 N–H and O–H groups in total. The van der Waals surface area contributed by atoms with Crippen molar-refractivity contribution in [3.05, 3.63) is 0 Å². The highest BCUT2D eigenvalue weighted by atomic mass is 16.5. The SMILES string of the molecule is CCCC(COC)N1CCC(=O)NC(C(C)(C)C)C1=O. The summed E-state index contributed by atoms with van der Waals surface area (Å²) in [5, 5.41) is 2.87. The minimum absolute atomic E-state index is 0.0128. The van der Waals surface area contributed by atoms with Crippen LogP contribution in [0.3, 0.4) is 0 Å². The molecule has 0 spiro atoms. The van der Waals surface area contributed by atoms with E-state index >= 15 is 0 Å². The fraction of sp³-hybridized carbons (Fsp3) is 0.867. The molecule has 1 rings (SSSR count). The lowest BCUT2D eigenvalue weighted by Gasteiger charge is -2.36. The van der Waals surface area contributed by atoms with Crippen molar-refractivity contribution in [2.45, 2.75) is 59.0 Å². The van der Waals surface area contributed by atoms with Crippen LogP contribution in [0, 0.1) is 5.41 Å². The largest absolute Gasteiger partial charge is 0.383 e. The second-order valence-corrected chi connectivity index (χ2v) is 6.55. The number of rotatable bonds is 5. The summed E-state index contributed by atoms with van der Waals surface area (Å²) in [6, 6.07) is -0.413. The topological polar surface area (TPSA) is 58.6 Å². The molecule has 0 aliphatic carbocycles. The second kappa shape index (κ2) is 7.07. The number of nitrogens with zero attached hydrogens (tertiary/aromatic N) is 1. The minimum Gasteiger partial charge on any atom is -0.383 e. The zero-order chi connectivity index (χ0) is 15.3. The standard InChI is InChI=1S/C15H28N2O3/c1-6-7-11(10-20-5)17-9-8-12(18)16-13(14(17)19)15(2,3)4/h11,13H,6-10H2,1-5H3,(H,16,18).